The van der Waals surface area contributed by atoms with E-state index in [1.807, 2.05) is 11.8 Å². The third-order valence-corrected chi connectivity index (χ3v) is 11.1. The number of unbranched alkanes of at least 4 members (excludes halogenated alkanes) is 14. The highest BCUT2D eigenvalue weighted by atomic mass is 32.2. The largest absolute Gasteiger partial charge is 0.328 e. The molecule has 0 saturated heterocycles. The third kappa shape index (κ3) is 10.8. The molecule has 0 bridgehead atoms. The molecule has 2 N–H and O–H groups in total. The molecule has 0 amide bonds. The smallest absolute Gasteiger partial charge is 0.328 e. The van der Waals surface area contributed by atoms with Crippen LogP contribution in [0.4, 0.5) is 0 Å². The van der Waals surface area contributed by atoms with E-state index < -0.39 is 14.2 Å². The molecule has 0 fully saturated rings. The van der Waals surface area contributed by atoms with Crippen molar-refractivity contribution in [1.29, 1.82) is 0 Å². The minimum absolute atomic E-state index is 0.127. The number of fused-ring (bicyclic) bond motifs is 2. The fourth-order valence-corrected chi connectivity index (χ4v) is 9.23. The van der Waals surface area contributed by atoms with Crippen LogP contribution in [0.3, 0.4) is 0 Å². The van der Waals surface area contributed by atoms with Crippen molar-refractivity contribution in [3.05, 3.63) is 57.6 Å². The van der Waals surface area contributed by atoms with Crippen LogP contribution in [0.1, 0.15) is 185 Å². The Morgan fingerprint density at radius 1 is 0.600 bits per heavy atom. The van der Waals surface area contributed by atoms with Crippen molar-refractivity contribution in [3.63, 3.8) is 0 Å². The van der Waals surface area contributed by atoms with Crippen molar-refractivity contribution in [2.45, 2.75) is 191 Å². The van der Waals surface area contributed by atoms with Gasteiger partial charge in [0.1, 0.15) is 5.60 Å². The van der Waals surface area contributed by atoms with E-state index in [0.717, 1.165) is 30.4 Å². The number of aryl methyl sites for hydroxylation is 2. The lowest BCUT2D eigenvalue weighted by Crippen LogP contribution is -2.39. The highest BCUT2D eigenvalue weighted by molar-refractivity contribution is 7.99. The second kappa shape index (κ2) is 17.5. The first-order valence-corrected chi connectivity index (χ1v) is 20.0. The normalized spacial score (nSPS) is 14.6. The molecule has 2 aromatic carbocycles. The van der Waals surface area contributed by atoms with Crippen molar-refractivity contribution >= 4 is 20.4 Å². The van der Waals surface area contributed by atoms with Crippen molar-refractivity contribution in [1.82, 2.24) is 0 Å². The van der Waals surface area contributed by atoms with E-state index in [4.69, 9.17) is 4.52 Å². The Kier molecular flexibility index (Phi) is 15.0. The molecule has 0 atom stereocenters. The molecule has 0 aromatic heterocycles. The van der Waals surface area contributed by atoms with Crippen LogP contribution in [0.5, 0.6) is 0 Å². The summed E-state index contributed by atoms with van der Waals surface area (Å²) in [5.74, 6) is 0. The molecule has 254 valence electrons. The van der Waals surface area contributed by atoms with Gasteiger partial charge in [0.05, 0.1) is 0 Å². The fraction of sp³-hybridized carbons (Fsp3) is 0.700. The Bertz CT molecular complexity index is 1140. The average molecular weight is 657 g/mol. The summed E-state index contributed by atoms with van der Waals surface area (Å²) >= 11 is 1.83. The van der Waals surface area contributed by atoms with Crippen molar-refractivity contribution < 1.29 is 14.3 Å². The highest BCUT2D eigenvalue weighted by Crippen LogP contribution is 2.60. The number of benzene rings is 2. The zero-order valence-corrected chi connectivity index (χ0v) is 32.0. The van der Waals surface area contributed by atoms with Crippen LogP contribution in [0.15, 0.2) is 34.1 Å². The van der Waals surface area contributed by atoms with Crippen LogP contribution >= 0.6 is 20.4 Å². The maximum absolute atomic E-state index is 10.6. The van der Waals surface area contributed by atoms with Gasteiger partial charge in [0.2, 0.25) is 0 Å². The topological polar surface area (TPSA) is 49.7 Å². The molecule has 5 heteroatoms. The van der Waals surface area contributed by atoms with Crippen LogP contribution in [0, 0.1) is 13.8 Å². The number of hydrogen-bond acceptors (Lipinski definition) is 4. The van der Waals surface area contributed by atoms with Gasteiger partial charge in [-0.2, -0.15) is 0 Å². The summed E-state index contributed by atoms with van der Waals surface area (Å²) in [6.07, 6.45) is 20.6. The maximum atomic E-state index is 10.6. The van der Waals surface area contributed by atoms with Gasteiger partial charge in [0, 0.05) is 20.9 Å². The summed E-state index contributed by atoms with van der Waals surface area (Å²) in [5.41, 5.74) is 6.08. The van der Waals surface area contributed by atoms with Gasteiger partial charge in [0.15, 0.2) is 0 Å². The van der Waals surface area contributed by atoms with Crippen LogP contribution in [-0.2, 0) is 21.0 Å². The molecule has 1 heterocycles. The molecular weight excluding hydrogens is 591 g/mol. The van der Waals surface area contributed by atoms with E-state index in [-0.39, 0.29) is 10.8 Å². The first-order chi connectivity index (χ1) is 21.2. The lowest BCUT2D eigenvalue weighted by Gasteiger charge is -2.46. The second-order valence-electron chi connectivity index (χ2n) is 15.8. The van der Waals surface area contributed by atoms with Crippen LogP contribution in [0.2, 0.25) is 0 Å². The van der Waals surface area contributed by atoms with E-state index in [9.17, 15) is 9.79 Å². The molecule has 2 aromatic rings. The molecule has 45 heavy (non-hydrogen) atoms. The van der Waals surface area contributed by atoms with Crippen molar-refractivity contribution in [2.75, 3.05) is 0 Å². The molecule has 1 aliphatic rings. The molecule has 1 aliphatic heterocycles. The summed E-state index contributed by atoms with van der Waals surface area (Å²) in [7, 11) is -2.59. The Labute approximate surface area is 282 Å². The van der Waals surface area contributed by atoms with Gasteiger partial charge < -0.3 is 9.79 Å². The van der Waals surface area contributed by atoms with Gasteiger partial charge in [0.25, 0.3) is 0 Å². The first kappa shape index (κ1) is 38.5. The Morgan fingerprint density at radius 3 is 1.29 bits per heavy atom. The zero-order valence-electron chi connectivity index (χ0n) is 30.3. The zero-order chi connectivity index (χ0) is 33.3. The van der Waals surface area contributed by atoms with E-state index >= 15 is 0 Å². The molecule has 3 nitrogen and oxygen atoms in total. The number of rotatable bonds is 18. The molecule has 0 aliphatic carbocycles. The minimum Gasteiger partial charge on any atom is -0.328 e. The summed E-state index contributed by atoms with van der Waals surface area (Å²) in [5, 5.41) is 0. The summed E-state index contributed by atoms with van der Waals surface area (Å²) in [4.78, 5) is 23.6. The molecular formula is C40H65O3PS. The Balaban J connectivity index is 1.79. The van der Waals surface area contributed by atoms with Crippen LogP contribution in [-0.4, -0.2) is 9.79 Å². The quantitative estimate of drug-likeness (QED) is 0.124. The summed E-state index contributed by atoms with van der Waals surface area (Å²) in [6.45, 7) is 20.2. The predicted octanol–water partition coefficient (Wildman–Crippen LogP) is 13.1. The minimum atomic E-state index is -2.59. The predicted molar refractivity (Wildman–Crippen MR) is 197 cm³/mol. The first-order valence-electron chi connectivity index (χ1n) is 18.1. The third-order valence-electron chi connectivity index (χ3n) is 9.51. The van der Waals surface area contributed by atoms with E-state index in [0.29, 0.717) is 0 Å². The maximum Gasteiger partial charge on any atom is 0.328 e. The van der Waals surface area contributed by atoms with Crippen LogP contribution < -0.4 is 0 Å². The van der Waals surface area contributed by atoms with Gasteiger partial charge in [-0.3, -0.25) is 4.52 Å². The van der Waals surface area contributed by atoms with E-state index in [1.54, 1.807) is 0 Å². The standard InChI is InChI=1S/C40H65O3PS/c1-10-11-12-13-14-15-16-17-18-19-20-21-22-23-24-25-40(43-44(41)42)36-32(38(4,5)6)26-30(2)28-34(36)45-35-29-31(3)27-33(37(35)40)39(7,8)9/h26-29,41-42H,10-25H2,1-9H3. The van der Waals surface area contributed by atoms with E-state index in [2.05, 4.69) is 86.6 Å². The van der Waals surface area contributed by atoms with Crippen molar-refractivity contribution in [2.24, 2.45) is 0 Å². The fourth-order valence-electron chi connectivity index (χ4n) is 7.20. The lowest BCUT2D eigenvalue weighted by molar-refractivity contribution is 0.0694. The molecule has 0 radical (unpaired) electrons. The highest BCUT2D eigenvalue weighted by Gasteiger charge is 2.49. The monoisotopic (exact) mass is 656 g/mol. The van der Waals surface area contributed by atoms with Gasteiger partial charge >= 0.3 is 8.60 Å². The summed E-state index contributed by atoms with van der Waals surface area (Å²) < 4.78 is 6.56. The molecule has 0 spiro atoms. The summed E-state index contributed by atoms with van der Waals surface area (Å²) in [6, 6.07) is 9.16. The van der Waals surface area contributed by atoms with Gasteiger partial charge in [-0.25, -0.2) is 0 Å². The van der Waals surface area contributed by atoms with E-state index in [1.165, 1.54) is 116 Å². The SMILES string of the molecule is CCCCCCCCCCCCCCCCCC1(OP(O)O)c2c(cc(C)cc2C(C)(C)C)Sc2cc(C)cc(C(C)(C)C)c21. The van der Waals surface area contributed by atoms with Gasteiger partial charge in [-0.15, -0.1) is 0 Å². The van der Waals surface area contributed by atoms with Gasteiger partial charge in [-0.1, -0.05) is 162 Å². The second-order valence-corrected chi connectivity index (χ2v) is 17.6. The molecule has 3 rings (SSSR count). The van der Waals surface area contributed by atoms with Gasteiger partial charge in [-0.05, 0) is 71.9 Å². The lowest BCUT2D eigenvalue weighted by atomic mass is 9.69. The Hall–Kier alpha value is -0.900. The van der Waals surface area contributed by atoms with Crippen molar-refractivity contribution in [3.8, 4) is 0 Å². The molecule has 0 unspecified atom stereocenters. The number of hydrogen-bond donors (Lipinski definition) is 2. The Morgan fingerprint density at radius 2 is 0.956 bits per heavy atom. The molecule has 0 saturated carbocycles. The van der Waals surface area contributed by atoms with Crippen LogP contribution in [0.25, 0.3) is 0 Å². The average Bonchev–Trinajstić information content (AvgIpc) is 2.92.